The Bertz CT molecular complexity index is 946. The summed E-state index contributed by atoms with van der Waals surface area (Å²) < 4.78 is 3.52. The Balaban J connectivity index is 1.79. The molecule has 4 rings (SSSR count). The summed E-state index contributed by atoms with van der Waals surface area (Å²) in [6.07, 6.45) is 2.24. The van der Waals surface area contributed by atoms with Gasteiger partial charge in [0.2, 0.25) is 5.52 Å². The lowest BCUT2D eigenvalue weighted by molar-refractivity contribution is -0.642. The van der Waals surface area contributed by atoms with E-state index in [4.69, 9.17) is 0 Å². The summed E-state index contributed by atoms with van der Waals surface area (Å²) in [6.45, 7) is 2.87. The van der Waals surface area contributed by atoms with Crippen molar-refractivity contribution in [1.82, 2.24) is 0 Å². The zero-order chi connectivity index (χ0) is 16.7. The van der Waals surface area contributed by atoms with Gasteiger partial charge in [-0.25, -0.2) is 0 Å². The van der Waals surface area contributed by atoms with Gasteiger partial charge in [-0.05, 0) is 30.7 Å². The molecule has 1 N–H and O–H groups in total. The number of fused-ring (bicyclic) bond motifs is 2. The maximum atomic E-state index is 9.48. The number of thiazole rings is 1. The van der Waals surface area contributed by atoms with Crippen LogP contribution >= 0.6 is 23.1 Å². The van der Waals surface area contributed by atoms with Crippen LogP contribution in [0.5, 0.6) is 0 Å². The van der Waals surface area contributed by atoms with Crippen molar-refractivity contribution in [3.63, 3.8) is 0 Å². The molecule has 0 atom stereocenters. The van der Waals surface area contributed by atoms with E-state index in [1.807, 2.05) is 0 Å². The maximum absolute atomic E-state index is 9.48. The van der Waals surface area contributed by atoms with Gasteiger partial charge in [0.25, 0.3) is 5.01 Å². The van der Waals surface area contributed by atoms with Crippen LogP contribution in [-0.2, 0) is 7.05 Å². The number of hydrogen-bond donors (Lipinski definition) is 1. The number of hydrogen-bond acceptors (Lipinski definition) is 4. The molecule has 0 radical (unpaired) electrons. The van der Waals surface area contributed by atoms with Gasteiger partial charge in [0.05, 0.1) is 23.4 Å². The third-order valence-corrected chi connectivity index (χ3v) is 6.49. The number of aliphatic hydroxyl groups is 1. The van der Waals surface area contributed by atoms with Crippen LogP contribution in [0.15, 0.2) is 52.4 Å². The van der Waals surface area contributed by atoms with Gasteiger partial charge < -0.3 is 10.0 Å². The van der Waals surface area contributed by atoms with Gasteiger partial charge in [-0.1, -0.05) is 41.3 Å². The highest BCUT2D eigenvalue weighted by Crippen LogP contribution is 2.47. The van der Waals surface area contributed by atoms with Crippen LogP contribution in [-0.4, -0.2) is 18.3 Å². The normalized spacial score (nSPS) is 15.5. The molecule has 1 aliphatic heterocycles. The Kier molecular flexibility index (Phi) is 4.08. The Morgan fingerprint density at radius 3 is 2.83 bits per heavy atom. The number of β-amino-alcohol motifs (C(OH)–C–C–N with tert-alkyl or cyclic N) is 1. The third-order valence-electron chi connectivity index (χ3n) is 4.23. The Labute approximate surface area is 149 Å². The van der Waals surface area contributed by atoms with Crippen molar-refractivity contribution >= 4 is 45.1 Å². The number of aliphatic hydroxyl groups excluding tert-OH is 1. The average molecular weight is 356 g/mol. The zero-order valence-electron chi connectivity index (χ0n) is 13.7. The van der Waals surface area contributed by atoms with Gasteiger partial charge in [-0.15, -0.1) is 0 Å². The molecule has 0 aliphatic carbocycles. The van der Waals surface area contributed by atoms with Gasteiger partial charge in [0.15, 0.2) is 0 Å². The second kappa shape index (κ2) is 6.24. The molecule has 24 heavy (non-hydrogen) atoms. The van der Waals surface area contributed by atoms with Crippen molar-refractivity contribution < 1.29 is 9.67 Å². The fraction of sp³-hybridized carbons (Fsp3) is 0.211. The smallest absolute Gasteiger partial charge is 0.265 e. The molecule has 122 valence electrons. The summed E-state index contributed by atoms with van der Waals surface area (Å²) in [4.78, 5) is 3.47. The van der Waals surface area contributed by atoms with E-state index in [-0.39, 0.29) is 6.61 Å². The minimum atomic E-state index is 0.143. The summed E-state index contributed by atoms with van der Waals surface area (Å²) in [5.41, 5.74) is 3.70. The molecule has 5 heteroatoms. The topological polar surface area (TPSA) is 27.4 Å². The summed E-state index contributed by atoms with van der Waals surface area (Å²) >= 11 is 3.58. The molecule has 2 heterocycles. The van der Waals surface area contributed by atoms with Gasteiger partial charge in [-0.3, -0.25) is 0 Å². The summed E-state index contributed by atoms with van der Waals surface area (Å²) in [7, 11) is 2.11. The number of rotatable bonds is 3. The third kappa shape index (κ3) is 2.62. The van der Waals surface area contributed by atoms with E-state index in [1.165, 1.54) is 36.4 Å². The van der Waals surface area contributed by atoms with Gasteiger partial charge in [0.1, 0.15) is 11.7 Å². The lowest BCUT2D eigenvalue weighted by Gasteiger charge is -2.18. The van der Waals surface area contributed by atoms with Crippen LogP contribution in [0.3, 0.4) is 0 Å². The van der Waals surface area contributed by atoms with Crippen molar-refractivity contribution in [2.45, 2.75) is 11.8 Å². The van der Waals surface area contributed by atoms with E-state index in [9.17, 15) is 5.11 Å². The second-order valence-electron chi connectivity index (χ2n) is 5.90. The van der Waals surface area contributed by atoms with E-state index in [0.29, 0.717) is 6.54 Å². The predicted molar refractivity (Wildman–Crippen MR) is 102 cm³/mol. The quantitative estimate of drug-likeness (QED) is 0.721. The van der Waals surface area contributed by atoms with Crippen LogP contribution in [0, 0.1) is 6.92 Å². The molecule has 0 amide bonds. The SMILES string of the molecule is Cc1ccc2c(c1)S/C(=C\c1sc3ccccc3[n+]1C)N2CCO. The Hall–Kier alpha value is -1.82. The fourth-order valence-electron chi connectivity index (χ4n) is 3.00. The molecule has 0 saturated carbocycles. The van der Waals surface area contributed by atoms with E-state index in [1.54, 1.807) is 23.1 Å². The van der Waals surface area contributed by atoms with E-state index >= 15 is 0 Å². The molecule has 1 aliphatic rings. The molecule has 0 spiro atoms. The first-order valence-electron chi connectivity index (χ1n) is 7.93. The first-order valence-corrected chi connectivity index (χ1v) is 9.57. The first-order chi connectivity index (χ1) is 11.7. The molecular formula is C19H19N2OS2+. The van der Waals surface area contributed by atoms with Gasteiger partial charge in [-0.2, -0.15) is 4.57 Å². The van der Waals surface area contributed by atoms with Gasteiger partial charge in [0, 0.05) is 17.5 Å². The molecule has 0 bridgehead atoms. The number of anilines is 1. The van der Waals surface area contributed by atoms with Crippen molar-refractivity contribution in [3.05, 3.63) is 58.1 Å². The molecule has 1 aromatic heterocycles. The molecule has 0 saturated heterocycles. The lowest BCUT2D eigenvalue weighted by atomic mass is 10.2. The van der Waals surface area contributed by atoms with Crippen molar-refractivity contribution in [3.8, 4) is 0 Å². The van der Waals surface area contributed by atoms with Crippen molar-refractivity contribution in [2.75, 3.05) is 18.1 Å². The molecule has 2 aromatic carbocycles. The molecule has 0 fully saturated rings. The number of benzene rings is 2. The number of para-hydroxylation sites is 1. The van der Waals surface area contributed by atoms with Crippen LogP contribution in [0.4, 0.5) is 5.69 Å². The number of aryl methyl sites for hydroxylation is 2. The van der Waals surface area contributed by atoms with Crippen LogP contribution in [0.25, 0.3) is 16.3 Å². The monoisotopic (exact) mass is 355 g/mol. The molecule has 0 unspecified atom stereocenters. The Morgan fingerprint density at radius 1 is 1.21 bits per heavy atom. The van der Waals surface area contributed by atoms with E-state index < -0.39 is 0 Å². The molecular weight excluding hydrogens is 336 g/mol. The minimum absolute atomic E-state index is 0.143. The van der Waals surface area contributed by atoms with E-state index in [0.717, 1.165) is 0 Å². The lowest BCUT2D eigenvalue weighted by Crippen LogP contribution is -2.29. The largest absolute Gasteiger partial charge is 0.395 e. The maximum Gasteiger partial charge on any atom is 0.265 e. The highest BCUT2D eigenvalue weighted by Gasteiger charge is 2.26. The molecule has 3 nitrogen and oxygen atoms in total. The summed E-state index contributed by atoms with van der Waals surface area (Å²) in [5.74, 6) is 0. The fourth-order valence-corrected chi connectivity index (χ4v) is 5.39. The van der Waals surface area contributed by atoms with Crippen LogP contribution < -0.4 is 9.47 Å². The first kappa shape index (κ1) is 15.7. The van der Waals surface area contributed by atoms with Gasteiger partial charge >= 0.3 is 0 Å². The molecule has 3 aromatic rings. The summed E-state index contributed by atoms with van der Waals surface area (Å²) in [6, 6.07) is 15.0. The van der Waals surface area contributed by atoms with Crippen molar-refractivity contribution in [2.24, 2.45) is 7.05 Å². The number of thioether (sulfide) groups is 1. The van der Waals surface area contributed by atoms with E-state index in [2.05, 4.69) is 72.0 Å². The van der Waals surface area contributed by atoms with Crippen LogP contribution in [0.1, 0.15) is 10.6 Å². The minimum Gasteiger partial charge on any atom is -0.395 e. The van der Waals surface area contributed by atoms with Crippen molar-refractivity contribution in [1.29, 1.82) is 0 Å². The van der Waals surface area contributed by atoms with Crippen LogP contribution in [0.2, 0.25) is 0 Å². The highest BCUT2D eigenvalue weighted by atomic mass is 32.2. The standard InChI is InChI=1S/C19H19N2OS2/c1-13-7-8-15-17(11-13)24-19(21(15)9-10-22)12-18-20(2)14-5-3-4-6-16(14)23-18/h3-8,11-12,22H,9-10H2,1-2H3/q+1. The number of nitrogens with zero attached hydrogens (tertiary/aromatic N) is 2. The predicted octanol–water partition coefficient (Wildman–Crippen LogP) is 3.94. The Morgan fingerprint density at radius 2 is 2.04 bits per heavy atom. The highest BCUT2D eigenvalue weighted by molar-refractivity contribution is 8.03. The number of aromatic nitrogens is 1. The average Bonchev–Trinajstić information content (AvgIpc) is 3.07. The zero-order valence-corrected chi connectivity index (χ0v) is 15.3. The summed E-state index contributed by atoms with van der Waals surface area (Å²) in [5, 5.41) is 11.9. The second-order valence-corrected chi connectivity index (χ2v) is 8.02.